The van der Waals surface area contributed by atoms with Crippen molar-refractivity contribution in [1.82, 2.24) is 15.0 Å². The molecule has 7 nitrogen and oxygen atoms in total. The summed E-state index contributed by atoms with van der Waals surface area (Å²) in [6.45, 7) is 0. The number of nitrogens with two attached hydrogens (primary N) is 1. The minimum atomic E-state index is -0.472. The Balaban J connectivity index is 2.46. The first-order valence-corrected chi connectivity index (χ1v) is 4.96. The van der Waals surface area contributed by atoms with Crippen molar-refractivity contribution < 1.29 is 4.92 Å². The van der Waals surface area contributed by atoms with Crippen molar-refractivity contribution in [1.29, 1.82) is 0 Å². The number of non-ortho nitro benzene ring substituents is 1. The van der Waals surface area contributed by atoms with E-state index >= 15 is 0 Å². The lowest BCUT2D eigenvalue weighted by molar-refractivity contribution is -0.384. The molecule has 2 aromatic rings. The fourth-order valence-corrected chi connectivity index (χ4v) is 1.47. The van der Waals surface area contributed by atoms with Crippen LogP contribution in [-0.4, -0.2) is 19.9 Å². The van der Waals surface area contributed by atoms with Crippen LogP contribution >= 0.6 is 12.2 Å². The van der Waals surface area contributed by atoms with Gasteiger partial charge in [0.25, 0.3) is 5.69 Å². The fourth-order valence-electron chi connectivity index (χ4n) is 1.28. The van der Waals surface area contributed by atoms with Crippen LogP contribution in [-0.2, 0) is 0 Å². The second kappa shape index (κ2) is 4.26. The minimum absolute atomic E-state index is 0.00868. The first-order valence-electron chi connectivity index (χ1n) is 4.55. The maximum absolute atomic E-state index is 10.5. The molecule has 1 heterocycles. The summed E-state index contributed by atoms with van der Waals surface area (Å²) in [6.07, 6.45) is 0. The normalized spacial score (nSPS) is 10.1. The number of nitro benzene ring substituents is 1. The van der Waals surface area contributed by atoms with Gasteiger partial charge in [0.15, 0.2) is 0 Å². The zero-order chi connectivity index (χ0) is 12.4. The maximum atomic E-state index is 10.5. The third-order valence-corrected chi connectivity index (χ3v) is 2.20. The summed E-state index contributed by atoms with van der Waals surface area (Å²) in [7, 11) is 0. The zero-order valence-electron chi connectivity index (χ0n) is 8.45. The van der Waals surface area contributed by atoms with Gasteiger partial charge in [-0.25, -0.2) is 4.98 Å². The number of nitro groups is 1. The summed E-state index contributed by atoms with van der Waals surface area (Å²) in [5.74, 6) is 0.579. The van der Waals surface area contributed by atoms with Gasteiger partial charge in [-0.15, -0.1) is 0 Å². The van der Waals surface area contributed by atoms with Crippen LogP contribution in [0.3, 0.4) is 0 Å². The van der Waals surface area contributed by atoms with Crippen molar-refractivity contribution in [2.45, 2.75) is 0 Å². The summed E-state index contributed by atoms with van der Waals surface area (Å²) in [5, 5.41) is 10.5. The van der Waals surface area contributed by atoms with E-state index in [9.17, 15) is 10.1 Å². The number of aromatic nitrogens is 3. The number of rotatable bonds is 2. The fraction of sp³-hybridized carbons (Fsp3) is 0. The SMILES string of the molecule is Nc1nc(=S)nc(-c2ccc([N+](=O)[O-])cc2)[nH]1. The van der Waals surface area contributed by atoms with Crippen LogP contribution in [0.1, 0.15) is 0 Å². The highest BCUT2D eigenvalue weighted by atomic mass is 32.1. The minimum Gasteiger partial charge on any atom is -0.369 e. The van der Waals surface area contributed by atoms with Crippen LogP contribution < -0.4 is 5.73 Å². The highest BCUT2D eigenvalue weighted by molar-refractivity contribution is 7.71. The van der Waals surface area contributed by atoms with Gasteiger partial charge in [-0.1, -0.05) is 0 Å². The van der Waals surface area contributed by atoms with Gasteiger partial charge in [0.1, 0.15) is 5.82 Å². The van der Waals surface area contributed by atoms with Crippen molar-refractivity contribution in [3.63, 3.8) is 0 Å². The van der Waals surface area contributed by atoms with E-state index in [1.807, 2.05) is 0 Å². The van der Waals surface area contributed by atoms with E-state index in [2.05, 4.69) is 15.0 Å². The van der Waals surface area contributed by atoms with E-state index in [1.54, 1.807) is 12.1 Å². The molecule has 0 aliphatic heterocycles. The molecule has 0 radical (unpaired) electrons. The Hall–Kier alpha value is -2.35. The Morgan fingerprint density at radius 1 is 1.29 bits per heavy atom. The van der Waals surface area contributed by atoms with Crippen LogP contribution in [0, 0.1) is 14.9 Å². The quantitative estimate of drug-likeness (QED) is 0.476. The van der Waals surface area contributed by atoms with Crippen molar-refractivity contribution in [3.8, 4) is 11.4 Å². The summed E-state index contributed by atoms with van der Waals surface area (Å²) in [6, 6.07) is 5.88. The first kappa shape index (κ1) is 11.1. The van der Waals surface area contributed by atoms with Crippen LogP contribution in [0.5, 0.6) is 0 Å². The Labute approximate surface area is 100 Å². The lowest BCUT2D eigenvalue weighted by Crippen LogP contribution is -1.99. The molecule has 0 bridgehead atoms. The molecule has 0 fully saturated rings. The average Bonchev–Trinajstić information content (AvgIpc) is 2.28. The van der Waals surface area contributed by atoms with E-state index < -0.39 is 4.92 Å². The Kier molecular flexibility index (Phi) is 2.79. The topological polar surface area (TPSA) is 111 Å². The number of hydrogen-bond acceptors (Lipinski definition) is 6. The monoisotopic (exact) mass is 249 g/mol. The Morgan fingerprint density at radius 3 is 2.47 bits per heavy atom. The Bertz CT molecular complexity index is 622. The van der Waals surface area contributed by atoms with Gasteiger partial charge in [0.05, 0.1) is 4.92 Å². The predicted molar refractivity (Wildman–Crippen MR) is 63.7 cm³/mol. The molecule has 0 unspecified atom stereocenters. The van der Waals surface area contributed by atoms with Crippen molar-refractivity contribution >= 4 is 23.9 Å². The zero-order valence-corrected chi connectivity index (χ0v) is 9.27. The van der Waals surface area contributed by atoms with Crippen molar-refractivity contribution in [2.24, 2.45) is 0 Å². The number of benzene rings is 1. The molecule has 86 valence electrons. The molecule has 0 atom stereocenters. The van der Waals surface area contributed by atoms with Crippen LogP contribution in [0.2, 0.25) is 0 Å². The molecule has 0 saturated heterocycles. The van der Waals surface area contributed by atoms with Gasteiger partial charge >= 0.3 is 0 Å². The van der Waals surface area contributed by atoms with Gasteiger partial charge in [-0.2, -0.15) is 4.98 Å². The highest BCUT2D eigenvalue weighted by Gasteiger charge is 2.06. The predicted octanol–water partition coefficient (Wildman–Crippen LogP) is 1.69. The third kappa shape index (κ3) is 2.42. The van der Waals surface area contributed by atoms with Gasteiger partial charge in [-0.05, 0) is 24.4 Å². The largest absolute Gasteiger partial charge is 0.369 e. The number of nitrogen functional groups attached to an aromatic ring is 1. The number of hydrogen-bond donors (Lipinski definition) is 2. The second-order valence-electron chi connectivity index (χ2n) is 3.17. The average molecular weight is 249 g/mol. The summed E-state index contributed by atoms with van der Waals surface area (Å²) in [4.78, 5) is 20.5. The highest BCUT2D eigenvalue weighted by Crippen LogP contribution is 2.19. The summed E-state index contributed by atoms with van der Waals surface area (Å²) >= 11 is 4.82. The molecular formula is C9H7N5O2S. The summed E-state index contributed by atoms with van der Waals surface area (Å²) < 4.78 is 0.120. The molecule has 0 aliphatic rings. The lowest BCUT2D eigenvalue weighted by Gasteiger charge is -2.01. The van der Waals surface area contributed by atoms with Crippen LogP contribution in [0.4, 0.5) is 11.6 Å². The van der Waals surface area contributed by atoms with E-state index in [4.69, 9.17) is 18.0 Å². The summed E-state index contributed by atoms with van der Waals surface area (Å²) in [5.41, 5.74) is 6.15. The van der Waals surface area contributed by atoms with Gasteiger partial charge < -0.3 is 10.7 Å². The van der Waals surface area contributed by atoms with Gasteiger partial charge in [0.2, 0.25) is 10.7 Å². The standard InChI is InChI=1S/C9H7N5O2S/c10-8-11-7(12-9(17)13-8)5-1-3-6(4-2-5)14(15)16/h1-4H,(H3,10,11,12,13,17). The first-order chi connectivity index (χ1) is 8.06. The molecule has 0 saturated carbocycles. The van der Waals surface area contributed by atoms with E-state index in [0.717, 1.165) is 0 Å². The van der Waals surface area contributed by atoms with Gasteiger partial charge in [-0.3, -0.25) is 10.1 Å². The number of aromatic amines is 1. The third-order valence-electron chi connectivity index (χ3n) is 2.02. The van der Waals surface area contributed by atoms with E-state index in [-0.39, 0.29) is 16.4 Å². The van der Waals surface area contributed by atoms with Crippen LogP contribution in [0.25, 0.3) is 11.4 Å². The Morgan fingerprint density at radius 2 is 1.94 bits per heavy atom. The molecule has 0 aliphatic carbocycles. The molecule has 17 heavy (non-hydrogen) atoms. The molecule has 2 rings (SSSR count). The molecular weight excluding hydrogens is 242 g/mol. The molecule has 0 amide bonds. The number of anilines is 1. The molecule has 1 aromatic heterocycles. The maximum Gasteiger partial charge on any atom is 0.269 e. The van der Waals surface area contributed by atoms with Gasteiger partial charge in [0, 0.05) is 17.7 Å². The number of nitrogens with one attached hydrogen (secondary N) is 1. The van der Waals surface area contributed by atoms with Crippen LogP contribution in [0.15, 0.2) is 24.3 Å². The lowest BCUT2D eigenvalue weighted by atomic mass is 10.2. The second-order valence-corrected chi connectivity index (χ2v) is 3.53. The van der Waals surface area contributed by atoms with E-state index in [1.165, 1.54) is 12.1 Å². The molecule has 1 aromatic carbocycles. The molecule has 3 N–H and O–H groups in total. The smallest absolute Gasteiger partial charge is 0.269 e. The van der Waals surface area contributed by atoms with Crippen molar-refractivity contribution in [3.05, 3.63) is 39.2 Å². The van der Waals surface area contributed by atoms with Crippen molar-refractivity contribution in [2.75, 3.05) is 5.73 Å². The molecule has 8 heteroatoms. The molecule has 0 spiro atoms. The number of nitrogens with zero attached hydrogens (tertiary/aromatic N) is 3. The number of H-pyrrole nitrogens is 1. The van der Waals surface area contributed by atoms with E-state index in [0.29, 0.717) is 11.4 Å².